The molecule has 0 fully saturated rings. The maximum atomic E-state index is 6.15. The van der Waals surface area contributed by atoms with Crippen molar-refractivity contribution in [1.29, 1.82) is 0 Å². The Morgan fingerprint density at radius 3 is 1.89 bits per heavy atom. The predicted octanol–water partition coefficient (Wildman–Crippen LogP) is 12.2. The number of fused-ring (bicyclic) bond motifs is 6. The second kappa shape index (κ2) is 10.5. The molecule has 9 aromatic rings. The fourth-order valence-corrected chi connectivity index (χ4v) is 7.42. The van der Waals surface area contributed by atoms with Gasteiger partial charge in [-0.15, -0.1) is 11.3 Å². The van der Waals surface area contributed by atoms with E-state index in [0.717, 1.165) is 50.1 Å². The highest BCUT2D eigenvalue weighted by Crippen LogP contribution is 2.41. The topological polar surface area (TPSA) is 29.3 Å². The lowest BCUT2D eigenvalue weighted by atomic mass is 10.0. The number of furan rings is 1. The predicted molar refractivity (Wildman–Crippen MR) is 190 cm³/mol. The Hall–Kier alpha value is -5.71. The highest BCUT2D eigenvalue weighted by molar-refractivity contribution is 7.25. The van der Waals surface area contributed by atoms with E-state index in [1.807, 2.05) is 23.6 Å². The maximum Gasteiger partial charge on any atom is 0.138 e. The number of pyridine rings is 1. The number of hydrogen-bond donors (Lipinski definition) is 0. The van der Waals surface area contributed by atoms with Crippen LogP contribution in [0.3, 0.4) is 0 Å². The quantitative estimate of drug-likeness (QED) is 0.198. The van der Waals surface area contributed by atoms with Crippen molar-refractivity contribution in [2.45, 2.75) is 0 Å². The first-order valence-corrected chi connectivity index (χ1v) is 15.8. The van der Waals surface area contributed by atoms with Crippen molar-refractivity contribution in [3.05, 3.63) is 158 Å². The van der Waals surface area contributed by atoms with E-state index in [-0.39, 0.29) is 0 Å². The smallest absolute Gasteiger partial charge is 0.138 e. The van der Waals surface area contributed by atoms with Crippen molar-refractivity contribution >= 4 is 70.5 Å². The highest BCUT2D eigenvalue weighted by atomic mass is 32.1. The molecule has 45 heavy (non-hydrogen) atoms. The van der Waals surface area contributed by atoms with Crippen LogP contribution in [0.25, 0.3) is 64.4 Å². The van der Waals surface area contributed by atoms with Crippen molar-refractivity contribution in [1.82, 2.24) is 4.98 Å². The zero-order valence-electron chi connectivity index (χ0n) is 24.2. The molecule has 0 N–H and O–H groups in total. The van der Waals surface area contributed by atoms with Gasteiger partial charge in [0.1, 0.15) is 11.2 Å². The van der Waals surface area contributed by atoms with E-state index in [1.165, 1.54) is 31.3 Å². The van der Waals surface area contributed by atoms with E-state index in [2.05, 4.69) is 149 Å². The Morgan fingerprint density at radius 1 is 0.444 bits per heavy atom. The van der Waals surface area contributed by atoms with Gasteiger partial charge in [-0.2, -0.15) is 0 Å². The van der Waals surface area contributed by atoms with Gasteiger partial charge in [0, 0.05) is 60.4 Å². The van der Waals surface area contributed by atoms with Crippen LogP contribution in [0.4, 0.5) is 17.1 Å². The molecule has 0 aliphatic heterocycles. The number of benzene rings is 6. The van der Waals surface area contributed by atoms with Crippen molar-refractivity contribution in [2.75, 3.05) is 4.90 Å². The normalized spacial score (nSPS) is 11.6. The molecule has 9 rings (SSSR count). The van der Waals surface area contributed by atoms with Crippen LogP contribution in [0.5, 0.6) is 0 Å². The lowest BCUT2D eigenvalue weighted by Crippen LogP contribution is -2.09. The molecule has 3 nitrogen and oxygen atoms in total. The summed E-state index contributed by atoms with van der Waals surface area (Å²) in [7, 11) is 0. The first-order valence-electron chi connectivity index (χ1n) is 15.0. The summed E-state index contributed by atoms with van der Waals surface area (Å²) < 4.78 is 8.75. The Balaban J connectivity index is 1.14. The molecule has 0 unspecified atom stereocenters. The van der Waals surface area contributed by atoms with E-state index in [1.54, 1.807) is 6.20 Å². The van der Waals surface area contributed by atoms with Gasteiger partial charge in [-0.3, -0.25) is 4.98 Å². The summed E-state index contributed by atoms with van der Waals surface area (Å²) in [6.07, 6.45) is 3.64. The lowest BCUT2D eigenvalue weighted by molar-refractivity contribution is 0.668. The fraction of sp³-hybridized carbons (Fsp3) is 0. The molecule has 0 bridgehead atoms. The summed E-state index contributed by atoms with van der Waals surface area (Å²) in [6.45, 7) is 0. The number of rotatable bonds is 5. The molecule has 0 aliphatic carbocycles. The van der Waals surface area contributed by atoms with Crippen molar-refractivity contribution < 1.29 is 4.42 Å². The molecule has 212 valence electrons. The Morgan fingerprint density at radius 2 is 1.09 bits per heavy atom. The summed E-state index contributed by atoms with van der Waals surface area (Å²) in [4.78, 5) is 6.62. The van der Waals surface area contributed by atoms with Gasteiger partial charge < -0.3 is 9.32 Å². The second-order valence-electron chi connectivity index (χ2n) is 11.3. The third kappa shape index (κ3) is 4.46. The number of aromatic nitrogens is 1. The highest BCUT2D eigenvalue weighted by Gasteiger charge is 2.16. The molecule has 3 aromatic heterocycles. The zero-order chi connectivity index (χ0) is 29.7. The van der Waals surface area contributed by atoms with Gasteiger partial charge in [-0.1, -0.05) is 78.9 Å². The molecule has 3 heterocycles. The van der Waals surface area contributed by atoms with E-state index >= 15 is 0 Å². The number of thiophene rings is 1. The van der Waals surface area contributed by atoms with Crippen LogP contribution in [0.2, 0.25) is 0 Å². The average Bonchev–Trinajstić information content (AvgIpc) is 3.67. The fourth-order valence-electron chi connectivity index (χ4n) is 6.34. The van der Waals surface area contributed by atoms with Crippen LogP contribution in [-0.2, 0) is 0 Å². The largest absolute Gasteiger partial charge is 0.456 e. The minimum absolute atomic E-state index is 0.858. The second-order valence-corrected chi connectivity index (χ2v) is 12.3. The van der Waals surface area contributed by atoms with Gasteiger partial charge >= 0.3 is 0 Å². The van der Waals surface area contributed by atoms with Gasteiger partial charge in [0.25, 0.3) is 0 Å². The Labute approximate surface area is 264 Å². The monoisotopic (exact) mass is 594 g/mol. The molecule has 0 atom stereocenters. The molecular weight excluding hydrogens is 569 g/mol. The van der Waals surface area contributed by atoms with Crippen molar-refractivity contribution in [3.8, 4) is 22.3 Å². The molecule has 0 saturated carbocycles. The summed E-state index contributed by atoms with van der Waals surface area (Å²) >= 11 is 1.85. The zero-order valence-corrected chi connectivity index (χ0v) is 25.0. The summed E-state index contributed by atoms with van der Waals surface area (Å²) in [5.41, 5.74) is 9.73. The third-order valence-corrected chi connectivity index (χ3v) is 9.73. The van der Waals surface area contributed by atoms with Crippen LogP contribution < -0.4 is 4.90 Å². The van der Waals surface area contributed by atoms with Gasteiger partial charge in [0.15, 0.2) is 0 Å². The molecule has 6 aromatic carbocycles. The van der Waals surface area contributed by atoms with Crippen LogP contribution >= 0.6 is 11.3 Å². The number of nitrogens with zero attached hydrogens (tertiary/aromatic N) is 2. The van der Waals surface area contributed by atoms with E-state index in [0.29, 0.717) is 0 Å². The van der Waals surface area contributed by atoms with Crippen LogP contribution in [0.15, 0.2) is 162 Å². The van der Waals surface area contributed by atoms with E-state index < -0.39 is 0 Å². The van der Waals surface area contributed by atoms with Crippen LogP contribution in [0.1, 0.15) is 0 Å². The van der Waals surface area contributed by atoms with E-state index in [9.17, 15) is 0 Å². The standard InChI is InChI=1S/C41H26N2OS/c1-2-6-27(7-3-1)28-10-15-31(16-11-28)43(33-19-21-41-36(25-33)35-8-4-5-9-40(35)45-41)32-17-12-29(13-18-32)30-14-20-34-37-26-42-23-22-38(37)44-39(34)24-30/h1-26H. The first kappa shape index (κ1) is 25.8. The molecule has 0 saturated heterocycles. The SMILES string of the molecule is c1ccc(-c2ccc(N(c3ccc(-c4ccc5c(c4)oc4ccncc45)cc3)c3ccc4sc5ccccc5c4c3)cc2)cc1. The van der Waals surface area contributed by atoms with Gasteiger partial charge in [0.05, 0.1) is 0 Å². The summed E-state index contributed by atoms with van der Waals surface area (Å²) in [6, 6.07) is 52.0. The third-order valence-electron chi connectivity index (χ3n) is 8.58. The Kier molecular flexibility index (Phi) is 6.00. The molecule has 0 amide bonds. The maximum absolute atomic E-state index is 6.15. The molecule has 4 heteroatoms. The lowest BCUT2D eigenvalue weighted by Gasteiger charge is -2.26. The number of anilines is 3. The van der Waals surface area contributed by atoms with E-state index in [4.69, 9.17) is 4.42 Å². The molecule has 0 radical (unpaired) electrons. The van der Waals surface area contributed by atoms with Crippen molar-refractivity contribution in [2.24, 2.45) is 0 Å². The van der Waals surface area contributed by atoms with Crippen LogP contribution in [0, 0.1) is 0 Å². The minimum atomic E-state index is 0.858. The van der Waals surface area contributed by atoms with Crippen LogP contribution in [-0.4, -0.2) is 4.98 Å². The van der Waals surface area contributed by atoms with Crippen molar-refractivity contribution in [3.63, 3.8) is 0 Å². The summed E-state index contributed by atoms with van der Waals surface area (Å²) in [5, 5.41) is 4.70. The molecule has 0 spiro atoms. The molecular formula is C41H26N2OS. The summed E-state index contributed by atoms with van der Waals surface area (Å²) in [5.74, 6) is 0. The van der Waals surface area contributed by atoms with Gasteiger partial charge in [-0.25, -0.2) is 0 Å². The Bertz CT molecular complexity index is 2480. The minimum Gasteiger partial charge on any atom is -0.456 e. The number of hydrogen-bond acceptors (Lipinski definition) is 4. The van der Waals surface area contributed by atoms with Gasteiger partial charge in [0.2, 0.25) is 0 Å². The first-order chi connectivity index (χ1) is 22.3. The molecule has 0 aliphatic rings. The van der Waals surface area contributed by atoms with Gasteiger partial charge in [-0.05, 0) is 89.0 Å². The average molecular weight is 595 g/mol.